The highest BCUT2D eigenvalue weighted by Crippen LogP contribution is 2.15. The number of carbonyl (C=O) groups excluding carboxylic acids is 1. The second kappa shape index (κ2) is 7.39. The molecule has 1 saturated heterocycles. The molecule has 24 heavy (non-hydrogen) atoms. The molecule has 2 aromatic rings. The van der Waals surface area contributed by atoms with Gasteiger partial charge >= 0.3 is 0 Å². The first-order valence-corrected chi connectivity index (χ1v) is 8.02. The molecule has 0 bridgehead atoms. The first kappa shape index (κ1) is 16.4. The number of nitrogens with zero attached hydrogens (tertiary/aromatic N) is 5. The van der Waals surface area contributed by atoms with Gasteiger partial charge in [-0.25, -0.2) is 9.97 Å². The minimum atomic E-state index is -0.120. The Hall–Kier alpha value is -2.48. The Labute approximate surface area is 140 Å². The van der Waals surface area contributed by atoms with Crippen LogP contribution in [0.5, 0.6) is 0 Å². The van der Waals surface area contributed by atoms with E-state index in [4.69, 9.17) is 4.74 Å². The molecule has 1 aliphatic heterocycles. The van der Waals surface area contributed by atoms with Crippen molar-refractivity contribution in [2.75, 3.05) is 32.1 Å². The van der Waals surface area contributed by atoms with Gasteiger partial charge in [-0.1, -0.05) is 0 Å². The van der Waals surface area contributed by atoms with E-state index in [9.17, 15) is 4.79 Å². The molecule has 128 valence electrons. The van der Waals surface area contributed by atoms with Gasteiger partial charge in [0.25, 0.3) is 5.91 Å². The Kier molecular flexibility index (Phi) is 5.05. The summed E-state index contributed by atoms with van der Waals surface area (Å²) in [4.78, 5) is 24.9. The van der Waals surface area contributed by atoms with E-state index in [1.165, 1.54) is 12.8 Å². The van der Waals surface area contributed by atoms with Crippen LogP contribution in [0.4, 0.5) is 5.95 Å². The molecule has 3 heterocycles. The van der Waals surface area contributed by atoms with E-state index in [-0.39, 0.29) is 5.91 Å². The van der Waals surface area contributed by atoms with Gasteiger partial charge in [-0.3, -0.25) is 9.89 Å². The fourth-order valence-electron chi connectivity index (χ4n) is 2.77. The lowest BCUT2D eigenvalue weighted by Crippen LogP contribution is -2.27. The van der Waals surface area contributed by atoms with Gasteiger partial charge in [0.15, 0.2) is 0 Å². The Morgan fingerprint density at radius 3 is 2.71 bits per heavy atom. The third-order valence-electron chi connectivity index (χ3n) is 4.00. The highest BCUT2D eigenvalue weighted by molar-refractivity contribution is 5.93. The lowest BCUT2D eigenvalue weighted by atomic mass is 10.3. The molecule has 0 unspecified atom stereocenters. The first-order chi connectivity index (χ1) is 11.7. The molecule has 1 N–H and O–H groups in total. The minimum Gasteiger partial charge on any atom is -0.378 e. The summed E-state index contributed by atoms with van der Waals surface area (Å²) in [7, 11) is 3.36. The lowest BCUT2D eigenvalue weighted by Gasteiger charge is -2.17. The fourth-order valence-corrected chi connectivity index (χ4v) is 2.77. The third kappa shape index (κ3) is 3.70. The first-order valence-electron chi connectivity index (χ1n) is 8.02. The van der Waals surface area contributed by atoms with E-state index in [0.29, 0.717) is 24.7 Å². The number of nitrogens with one attached hydrogen (secondary N) is 1. The second-order valence-electron chi connectivity index (χ2n) is 5.94. The van der Waals surface area contributed by atoms with Crippen molar-refractivity contribution >= 4 is 11.9 Å². The molecule has 0 aromatic carbocycles. The predicted molar refractivity (Wildman–Crippen MR) is 88.6 cm³/mol. The van der Waals surface area contributed by atoms with Crippen molar-refractivity contribution in [2.24, 2.45) is 0 Å². The molecule has 8 nitrogen and oxygen atoms in total. The molecule has 0 aliphatic carbocycles. The van der Waals surface area contributed by atoms with Crippen molar-refractivity contribution in [3.8, 4) is 0 Å². The van der Waals surface area contributed by atoms with Crippen LogP contribution < -0.4 is 4.90 Å². The average Bonchev–Trinajstić information content (AvgIpc) is 3.27. The fraction of sp³-hybridized carbons (Fsp3) is 0.500. The molecule has 1 amide bonds. The maximum atomic E-state index is 12.5. The Morgan fingerprint density at radius 2 is 2.04 bits per heavy atom. The van der Waals surface area contributed by atoms with E-state index in [1.54, 1.807) is 31.5 Å². The third-order valence-corrected chi connectivity index (χ3v) is 4.00. The number of rotatable bonds is 6. The predicted octanol–water partition coefficient (Wildman–Crippen LogP) is 1.22. The number of amides is 1. The molecule has 8 heteroatoms. The summed E-state index contributed by atoms with van der Waals surface area (Å²) in [5.74, 6) is 0.579. The molecule has 0 radical (unpaired) electrons. The van der Waals surface area contributed by atoms with Crippen molar-refractivity contribution in [3.63, 3.8) is 0 Å². The summed E-state index contributed by atoms with van der Waals surface area (Å²) in [5.41, 5.74) is 2.15. The van der Waals surface area contributed by atoms with Crippen LogP contribution >= 0.6 is 0 Å². The van der Waals surface area contributed by atoms with Crippen molar-refractivity contribution in [3.05, 3.63) is 35.4 Å². The normalized spacial score (nSPS) is 14.2. The summed E-state index contributed by atoms with van der Waals surface area (Å²) < 4.78 is 5.03. The number of ether oxygens (including phenoxy) is 1. The van der Waals surface area contributed by atoms with Crippen molar-refractivity contribution in [2.45, 2.75) is 26.0 Å². The molecule has 0 atom stereocenters. The Morgan fingerprint density at radius 1 is 1.33 bits per heavy atom. The SMILES string of the molecule is COCc1cc(CN(C)C(=O)c2cnc(N3CCCC3)nc2)[nH]n1. The van der Waals surface area contributed by atoms with Crippen molar-refractivity contribution in [1.82, 2.24) is 25.1 Å². The summed E-state index contributed by atoms with van der Waals surface area (Å²) >= 11 is 0. The number of hydrogen-bond acceptors (Lipinski definition) is 6. The van der Waals surface area contributed by atoms with Crippen LogP contribution in [0.3, 0.4) is 0 Å². The van der Waals surface area contributed by atoms with Crippen LogP contribution in [-0.2, 0) is 17.9 Å². The zero-order valence-electron chi connectivity index (χ0n) is 14.0. The molecular formula is C16H22N6O2. The zero-order chi connectivity index (χ0) is 16.9. The van der Waals surface area contributed by atoms with Gasteiger partial charge in [-0.15, -0.1) is 0 Å². The monoisotopic (exact) mass is 330 g/mol. The average molecular weight is 330 g/mol. The van der Waals surface area contributed by atoms with Crippen LogP contribution in [0.1, 0.15) is 34.6 Å². The topological polar surface area (TPSA) is 87.2 Å². The van der Waals surface area contributed by atoms with E-state index in [2.05, 4.69) is 25.1 Å². The quantitative estimate of drug-likeness (QED) is 0.857. The number of aromatic amines is 1. The molecule has 3 rings (SSSR count). The molecule has 1 aliphatic rings. The lowest BCUT2D eigenvalue weighted by molar-refractivity contribution is 0.0782. The second-order valence-corrected chi connectivity index (χ2v) is 5.94. The number of methoxy groups -OCH3 is 1. The number of aromatic nitrogens is 4. The van der Waals surface area contributed by atoms with Gasteiger partial charge in [0.1, 0.15) is 0 Å². The van der Waals surface area contributed by atoms with Gasteiger partial charge in [0.2, 0.25) is 5.95 Å². The van der Waals surface area contributed by atoms with Gasteiger partial charge in [-0.2, -0.15) is 5.10 Å². The van der Waals surface area contributed by atoms with Crippen LogP contribution in [0.2, 0.25) is 0 Å². The van der Waals surface area contributed by atoms with E-state index in [0.717, 1.165) is 24.5 Å². The highest BCUT2D eigenvalue weighted by atomic mass is 16.5. The summed E-state index contributed by atoms with van der Waals surface area (Å²) in [6.07, 6.45) is 5.54. The van der Waals surface area contributed by atoms with Crippen molar-refractivity contribution in [1.29, 1.82) is 0 Å². The summed E-state index contributed by atoms with van der Waals surface area (Å²) in [6, 6.07) is 1.89. The van der Waals surface area contributed by atoms with Gasteiger partial charge in [-0.05, 0) is 18.9 Å². The smallest absolute Gasteiger partial charge is 0.257 e. The summed E-state index contributed by atoms with van der Waals surface area (Å²) in [5, 5.41) is 7.04. The molecular weight excluding hydrogens is 308 g/mol. The van der Waals surface area contributed by atoms with E-state index in [1.807, 2.05) is 6.07 Å². The van der Waals surface area contributed by atoms with Gasteiger partial charge in [0.05, 0.1) is 30.1 Å². The number of anilines is 1. The van der Waals surface area contributed by atoms with Crippen LogP contribution in [-0.4, -0.2) is 58.2 Å². The molecule has 1 fully saturated rings. The maximum Gasteiger partial charge on any atom is 0.257 e. The summed E-state index contributed by atoms with van der Waals surface area (Å²) in [6.45, 7) is 2.84. The Bertz CT molecular complexity index is 678. The van der Waals surface area contributed by atoms with E-state index >= 15 is 0 Å². The zero-order valence-corrected chi connectivity index (χ0v) is 14.0. The number of carbonyl (C=O) groups is 1. The van der Waals surface area contributed by atoms with Gasteiger partial charge < -0.3 is 14.5 Å². The van der Waals surface area contributed by atoms with E-state index < -0.39 is 0 Å². The van der Waals surface area contributed by atoms with Gasteiger partial charge in [0, 0.05) is 39.6 Å². The molecule has 2 aromatic heterocycles. The number of H-pyrrole nitrogens is 1. The highest BCUT2D eigenvalue weighted by Gasteiger charge is 2.17. The van der Waals surface area contributed by atoms with Crippen LogP contribution in [0.25, 0.3) is 0 Å². The largest absolute Gasteiger partial charge is 0.378 e. The minimum absolute atomic E-state index is 0.120. The van der Waals surface area contributed by atoms with Crippen LogP contribution in [0, 0.1) is 0 Å². The maximum absolute atomic E-state index is 12.5. The standard InChI is InChI=1S/C16H22N6O2/c1-21(10-13-7-14(11-24-2)20-19-13)15(23)12-8-17-16(18-9-12)22-5-3-4-6-22/h7-9H,3-6,10-11H2,1-2H3,(H,19,20). The van der Waals surface area contributed by atoms with Crippen LogP contribution in [0.15, 0.2) is 18.5 Å². The molecule has 0 saturated carbocycles. The molecule has 0 spiro atoms. The van der Waals surface area contributed by atoms with Crippen molar-refractivity contribution < 1.29 is 9.53 Å². The Balaban J connectivity index is 1.61. The number of hydrogen-bond donors (Lipinski definition) is 1.